The van der Waals surface area contributed by atoms with E-state index >= 15 is 0 Å². The highest BCUT2D eigenvalue weighted by Gasteiger charge is 2.11. The molecule has 1 heterocycles. The minimum absolute atomic E-state index is 0.0118. The van der Waals surface area contributed by atoms with Crippen LogP contribution >= 0.6 is 11.6 Å². The van der Waals surface area contributed by atoms with Gasteiger partial charge >= 0.3 is 0 Å². The fraction of sp³-hybridized carbons (Fsp3) is 0.105. The SMILES string of the molecule is O=S(=O)(NCC#CCOc1cccc2cccnc12)c1ccc(Cl)cc1. The zero-order valence-electron chi connectivity index (χ0n) is 13.6. The Labute approximate surface area is 157 Å². The quantitative estimate of drug-likeness (QED) is 0.683. The summed E-state index contributed by atoms with van der Waals surface area (Å²) in [4.78, 5) is 4.43. The first-order valence-corrected chi connectivity index (χ1v) is 9.60. The van der Waals surface area contributed by atoms with Gasteiger partial charge in [-0.05, 0) is 36.4 Å². The number of sulfonamides is 1. The van der Waals surface area contributed by atoms with Gasteiger partial charge in [0.15, 0.2) is 0 Å². The van der Waals surface area contributed by atoms with Crippen LogP contribution in [0.15, 0.2) is 65.7 Å². The first kappa shape index (κ1) is 18.2. The van der Waals surface area contributed by atoms with Crippen molar-refractivity contribution in [2.45, 2.75) is 4.90 Å². The Balaban J connectivity index is 1.55. The number of nitrogens with zero attached hydrogens (tertiary/aromatic N) is 1. The van der Waals surface area contributed by atoms with Crippen molar-refractivity contribution in [2.24, 2.45) is 0 Å². The Bertz CT molecular complexity index is 1070. The molecule has 0 radical (unpaired) electrons. The van der Waals surface area contributed by atoms with Crippen LogP contribution < -0.4 is 9.46 Å². The minimum Gasteiger partial charge on any atom is -0.479 e. The lowest BCUT2D eigenvalue weighted by atomic mass is 10.2. The van der Waals surface area contributed by atoms with E-state index in [2.05, 4.69) is 21.5 Å². The number of ether oxygens (including phenoxy) is 1. The molecule has 1 N–H and O–H groups in total. The van der Waals surface area contributed by atoms with Crippen molar-refractivity contribution < 1.29 is 13.2 Å². The molecule has 0 saturated carbocycles. The molecule has 0 atom stereocenters. The maximum absolute atomic E-state index is 12.1. The number of para-hydroxylation sites is 1. The molecule has 26 heavy (non-hydrogen) atoms. The zero-order valence-corrected chi connectivity index (χ0v) is 15.2. The summed E-state index contributed by atoms with van der Waals surface area (Å²) in [5.41, 5.74) is 0.764. The molecule has 0 spiro atoms. The number of aromatic nitrogens is 1. The van der Waals surface area contributed by atoms with E-state index in [0.29, 0.717) is 10.8 Å². The van der Waals surface area contributed by atoms with E-state index in [4.69, 9.17) is 16.3 Å². The highest BCUT2D eigenvalue weighted by Crippen LogP contribution is 2.22. The summed E-state index contributed by atoms with van der Waals surface area (Å²) in [6.45, 7) is 0.125. The van der Waals surface area contributed by atoms with Crippen molar-refractivity contribution in [3.05, 3.63) is 65.8 Å². The van der Waals surface area contributed by atoms with E-state index < -0.39 is 10.0 Å². The van der Waals surface area contributed by atoms with Crippen LogP contribution in [0.3, 0.4) is 0 Å². The van der Waals surface area contributed by atoms with E-state index in [0.717, 1.165) is 10.9 Å². The average molecular weight is 387 g/mol. The second-order valence-corrected chi connectivity index (χ2v) is 7.46. The molecule has 3 rings (SSSR count). The number of pyridine rings is 1. The van der Waals surface area contributed by atoms with Gasteiger partial charge in [0.05, 0.1) is 11.4 Å². The highest BCUT2D eigenvalue weighted by molar-refractivity contribution is 7.89. The molecular formula is C19H15ClN2O3S. The second-order valence-electron chi connectivity index (χ2n) is 5.25. The largest absolute Gasteiger partial charge is 0.479 e. The van der Waals surface area contributed by atoms with Crippen molar-refractivity contribution in [3.8, 4) is 17.6 Å². The summed E-state index contributed by atoms with van der Waals surface area (Å²) in [7, 11) is -3.61. The summed E-state index contributed by atoms with van der Waals surface area (Å²) in [5.74, 6) is 6.15. The Morgan fingerprint density at radius 3 is 2.62 bits per heavy atom. The van der Waals surface area contributed by atoms with E-state index in [-0.39, 0.29) is 18.0 Å². The number of fused-ring (bicyclic) bond motifs is 1. The zero-order chi connectivity index (χ0) is 18.4. The van der Waals surface area contributed by atoms with Gasteiger partial charge in [0.1, 0.15) is 17.9 Å². The topological polar surface area (TPSA) is 68.3 Å². The molecule has 0 saturated heterocycles. The summed E-state index contributed by atoms with van der Waals surface area (Å²) in [6, 6.07) is 15.4. The third-order valence-electron chi connectivity index (χ3n) is 3.50. The average Bonchev–Trinajstić information content (AvgIpc) is 2.65. The van der Waals surface area contributed by atoms with Gasteiger partial charge in [-0.25, -0.2) is 8.42 Å². The fourth-order valence-corrected chi connectivity index (χ4v) is 3.30. The molecule has 1 aromatic heterocycles. The Morgan fingerprint density at radius 2 is 1.81 bits per heavy atom. The highest BCUT2D eigenvalue weighted by atomic mass is 35.5. The summed E-state index contributed by atoms with van der Waals surface area (Å²) in [6.07, 6.45) is 1.70. The third-order valence-corrected chi connectivity index (χ3v) is 5.16. The maximum Gasteiger partial charge on any atom is 0.241 e. The first-order chi connectivity index (χ1) is 12.6. The number of hydrogen-bond acceptors (Lipinski definition) is 4. The lowest BCUT2D eigenvalue weighted by Gasteiger charge is -2.05. The lowest BCUT2D eigenvalue weighted by Crippen LogP contribution is -2.24. The number of nitrogens with one attached hydrogen (secondary N) is 1. The van der Waals surface area contributed by atoms with Gasteiger partial charge in [0.25, 0.3) is 0 Å². The van der Waals surface area contributed by atoms with Gasteiger partial charge in [-0.3, -0.25) is 4.98 Å². The molecule has 0 aliphatic rings. The summed E-state index contributed by atoms with van der Waals surface area (Å²) >= 11 is 5.75. The first-order valence-electron chi connectivity index (χ1n) is 7.74. The van der Waals surface area contributed by atoms with E-state index in [1.165, 1.54) is 24.3 Å². The molecular weight excluding hydrogens is 372 g/mol. The molecule has 0 unspecified atom stereocenters. The summed E-state index contributed by atoms with van der Waals surface area (Å²) in [5, 5.41) is 1.46. The normalized spacial score (nSPS) is 11.0. The Kier molecular flexibility index (Phi) is 5.74. The number of benzene rings is 2. The van der Waals surface area contributed by atoms with E-state index in [9.17, 15) is 8.42 Å². The van der Waals surface area contributed by atoms with Gasteiger partial charge in [0.2, 0.25) is 10.0 Å². The fourth-order valence-electron chi connectivity index (χ4n) is 2.25. The van der Waals surface area contributed by atoms with Gasteiger partial charge in [-0.15, -0.1) is 0 Å². The van der Waals surface area contributed by atoms with E-state index in [1.54, 1.807) is 6.20 Å². The lowest BCUT2D eigenvalue weighted by molar-refractivity contribution is 0.374. The molecule has 0 bridgehead atoms. The number of rotatable bonds is 5. The van der Waals surface area contributed by atoms with Crippen molar-refractivity contribution in [1.82, 2.24) is 9.71 Å². The van der Waals surface area contributed by atoms with Crippen molar-refractivity contribution in [2.75, 3.05) is 13.2 Å². The summed E-state index contributed by atoms with van der Waals surface area (Å²) < 4.78 is 32.2. The van der Waals surface area contributed by atoms with E-state index in [1.807, 2.05) is 30.3 Å². The van der Waals surface area contributed by atoms with Crippen molar-refractivity contribution >= 4 is 32.5 Å². The van der Waals surface area contributed by atoms with Gasteiger partial charge in [0, 0.05) is 16.6 Å². The third kappa shape index (κ3) is 4.52. The van der Waals surface area contributed by atoms with Crippen LogP contribution in [0.4, 0.5) is 0 Å². The van der Waals surface area contributed by atoms with Crippen LogP contribution in [-0.4, -0.2) is 26.6 Å². The molecule has 7 heteroatoms. The van der Waals surface area contributed by atoms with Crippen LogP contribution in [0.5, 0.6) is 5.75 Å². The molecule has 3 aromatic rings. The van der Waals surface area contributed by atoms with Crippen LogP contribution in [0, 0.1) is 11.8 Å². The van der Waals surface area contributed by atoms with Crippen molar-refractivity contribution in [3.63, 3.8) is 0 Å². The molecule has 0 amide bonds. The molecule has 2 aromatic carbocycles. The number of hydrogen-bond donors (Lipinski definition) is 1. The van der Waals surface area contributed by atoms with Crippen molar-refractivity contribution in [1.29, 1.82) is 0 Å². The standard InChI is InChI=1S/C19H15ClN2O3S/c20-16-8-10-17(11-9-16)26(23,24)22-13-1-2-14-25-18-7-3-5-15-6-4-12-21-19(15)18/h3-12,22H,13-14H2. The molecule has 0 aliphatic heterocycles. The van der Waals surface area contributed by atoms with Gasteiger partial charge in [-0.2, -0.15) is 4.72 Å². The van der Waals surface area contributed by atoms with Crippen LogP contribution in [0.25, 0.3) is 10.9 Å². The Hall–Kier alpha value is -2.59. The van der Waals surface area contributed by atoms with Gasteiger partial charge < -0.3 is 4.74 Å². The predicted octanol–water partition coefficient (Wildman–Crippen LogP) is 3.25. The monoisotopic (exact) mass is 386 g/mol. The Morgan fingerprint density at radius 1 is 1.04 bits per heavy atom. The molecule has 0 aliphatic carbocycles. The van der Waals surface area contributed by atoms with Crippen LogP contribution in [-0.2, 0) is 10.0 Å². The maximum atomic E-state index is 12.1. The smallest absolute Gasteiger partial charge is 0.241 e. The molecule has 5 nitrogen and oxygen atoms in total. The second kappa shape index (κ2) is 8.19. The predicted molar refractivity (Wildman–Crippen MR) is 102 cm³/mol. The molecule has 0 fully saturated rings. The number of halogens is 1. The molecule has 132 valence electrons. The van der Waals surface area contributed by atoms with Crippen LogP contribution in [0.2, 0.25) is 5.02 Å². The van der Waals surface area contributed by atoms with Crippen LogP contribution in [0.1, 0.15) is 0 Å². The van der Waals surface area contributed by atoms with Gasteiger partial charge in [-0.1, -0.05) is 41.6 Å². The minimum atomic E-state index is -3.61.